The standard InChI is InChI=1S/C8H8N2O2S/c1-4-6-5(3-13-4)9-8(12)10(2)7(6)11/h3H,1-2H3,(H,9,12). The average molecular weight is 196 g/mol. The minimum Gasteiger partial charge on any atom is -0.306 e. The normalized spacial score (nSPS) is 10.9. The van der Waals surface area contributed by atoms with Crippen molar-refractivity contribution in [2.75, 3.05) is 0 Å². The molecule has 2 heterocycles. The van der Waals surface area contributed by atoms with Crippen molar-refractivity contribution in [2.24, 2.45) is 7.05 Å². The van der Waals surface area contributed by atoms with Crippen LogP contribution < -0.4 is 11.2 Å². The summed E-state index contributed by atoms with van der Waals surface area (Å²) >= 11 is 1.47. The smallest absolute Gasteiger partial charge is 0.306 e. The Kier molecular flexibility index (Phi) is 1.63. The van der Waals surface area contributed by atoms with Gasteiger partial charge in [0.25, 0.3) is 5.56 Å². The number of aromatic nitrogens is 2. The van der Waals surface area contributed by atoms with E-state index in [1.54, 1.807) is 5.38 Å². The monoisotopic (exact) mass is 196 g/mol. The molecule has 4 nitrogen and oxygen atoms in total. The van der Waals surface area contributed by atoms with E-state index < -0.39 is 0 Å². The maximum absolute atomic E-state index is 11.6. The van der Waals surface area contributed by atoms with Crippen molar-refractivity contribution in [3.05, 3.63) is 31.1 Å². The van der Waals surface area contributed by atoms with Crippen LogP contribution in [0.25, 0.3) is 10.9 Å². The molecule has 0 amide bonds. The highest BCUT2D eigenvalue weighted by atomic mass is 32.1. The van der Waals surface area contributed by atoms with Crippen LogP contribution >= 0.6 is 11.3 Å². The molecule has 0 aliphatic rings. The third-order valence-electron chi connectivity index (χ3n) is 2.04. The van der Waals surface area contributed by atoms with Gasteiger partial charge in [0.2, 0.25) is 0 Å². The number of aromatic amines is 1. The number of H-pyrrole nitrogens is 1. The van der Waals surface area contributed by atoms with Gasteiger partial charge in [-0.1, -0.05) is 0 Å². The Labute approximate surface area is 77.5 Å². The van der Waals surface area contributed by atoms with Gasteiger partial charge in [-0.15, -0.1) is 11.3 Å². The maximum atomic E-state index is 11.6. The molecule has 0 spiro atoms. The summed E-state index contributed by atoms with van der Waals surface area (Å²) in [5.74, 6) is 0. The van der Waals surface area contributed by atoms with Crippen LogP contribution in [-0.4, -0.2) is 9.55 Å². The van der Waals surface area contributed by atoms with Gasteiger partial charge in [-0.2, -0.15) is 0 Å². The Hall–Kier alpha value is -1.36. The lowest BCUT2D eigenvalue weighted by molar-refractivity contribution is 0.794. The van der Waals surface area contributed by atoms with Crippen LogP contribution in [0.3, 0.4) is 0 Å². The van der Waals surface area contributed by atoms with Gasteiger partial charge in [-0.3, -0.25) is 9.36 Å². The molecule has 0 aromatic carbocycles. The Balaban J connectivity index is 3.16. The number of nitrogens with zero attached hydrogens (tertiary/aromatic N) is 1. The number of fused-ring (bicyclic) bond motifs is 1. The third-order valence-corrected chi connectivity index (χ3v) is 2.95. The molecule has 0 aliphatic heterocycles. The van der Waals surface area contributed by atoms with E-state index >= 15 is 0 Å². The number of hydrogen-bond donors (Lipinski definition) is 1. The summed E-state index contributed by atoms with van der Waals surface area (Å²) < 4.78 is 1.09. The molecule has 13 heavy (non-hydrogen) atoms. The number of hydrogen-bond acceptors (Lipinski definition) is 3. The molecule has 0 saturated heterocycles. The van der Waals surface area contributed by atoms with Crippen LogP contribution in [0.15, 0.2) is 15.0 Å². The lowest BCUT2D eigenvalue weighted by Gasteiger charge is -1.95. The van der Waals surface area contributed by atoms with Crippen molar-refractivity contribution < 1.29 is 0 Å². The fourth-order valence-corrected chi connectivity index (χ4v) is 2.06. The minimum atomic E-state index is -0.365. The van der Waals surface area contributed by atoms with Crippen LogP contribution in [0, 0.1) is 6.92 Å². The molecular weight excluding hydrogens is 188 g/mol. The summed E-state index contributed by atoms with van der Waals surface area (Å²) in [4.78, 5) is 26.3. The molecule has 0 radical (unpaired) electrons. The fourth-order valence-electron chi connectivity index (χ4n) is 1.27. The molecule has 68 valence electrons. The zero-order valence-corrected chi connectivity index (χ0v) is 8.07. The molecule has 0 unspecified atom stereocenters. The van der Waals surface area contributed by atoms with Crippen molar-refractivity contribution in [1.29, 1.82) is 0 Å². The van der Waals surface area contributed by atoms with Gasteiger partial charge in [0, 0.05) is 17.3 Å². The summed E-state index contributed by atoms with van der Waals surface area (Å²) in [7, 11) is 1.47. The summed E-state index contributed by atoms with van der Waals surface area (Å²) in [6.07, 6.45) is 0. The molecule has 0 atom stereocenters. The van der Waals surface area contributed by atoms with Gasteiger partial charge in [0.1, 0.15) is 0 Å². The summed E-state index contributed by atoms with van der Waals surface area (Å²) in [6, 6.07) is 0. The van der Waals surface area contributed by atoms with Crippen molar-refractivity contribution in [3.8, 4) is 0 Å². The quantitative estimate of drug-likeness (QED) is 0.670. The predicted molar refractivity (Wildman–Crippen MR) is 52.4 cm³/mol. The number of thiophene rings is 1. The van der Waals surface area contributed by atoms with Crippen molar-refractivity contribution in [2.45, 2.75) is 6.92 Å². The van der Waals surface area contributed by atoms with Crippen LogP contribution in [0.1, 0.15) is 4.88 Å². The van der Waals surface area contributed by atoms with E-state index in [-0.39, 0.29) is 11.2 Å². The molecule has 0 aliphatic carbocycles. The van der Waals surface area contributed by atoms with Crippen LogP contribution in [-0.2, 0) is 7.05 Å². The minimum absolute atomic E-state index is 0.225. The van der Waals surface area contributed by atoms with Crippen molar-refractivity contribution in [1.82, 2.24) is 9.55 Å². The molecule has 2 aromatic heterocycles. The van der Waals surface area contributed by atoms with Gasteiger partial charge < -0.3 is 4.98 Å². The molecule has 2 aromatic rings. The lowest BCUT2D eigenvalue weighted by Crippen LogP contribution is -2.32. The molecule has 2 rings (SSSR count). The number of rotatable bonds is 0. The molecule has 1 N–H and O–H groups in total. The maximum Gasteiger partial charge on any atom is 0.328 e. The second-order valence-electron chi connectivity index (χ2n) is 2.87. The molecule has 0 fully saturated rings. The lowest BCUT2D eigenvalue weighted by atomic mass is 10.3. The van der Waals surface area contributed by atoms with E-state index in [1.807, 2.05) is 6.92 Å². The van der Waals surface area contributed by atoms with E-state index in [2.05, 4.69) is 4.98 Å². The highest BCUT2D eigenvalue weighted by Crippen LogP contribution is 2.17. The van der Waals surface area contributed by atoms with Gasteiger partial charge in [-0.25, -0.2) is 4.79 Å². The Morgan fingerprint density at radius 1 is 1.46 bits per heavy atom. The fraction of sp³-hybridized carbons (Fsp3) is 0.250. The van der Waals surface area contributed by atoms with Gasteiger partial charge in [0.05, 0.1) is 10.9 Å². The molecule has 5 heteroatoms. The summed E-state index contributed by atoms with van der Waals surface area (Å²) in [5, 5.41) is 2.40. The summed E-state index contributed by atoms with van der Waals surface area (Å²) in [6.45, 7) is 1.87. The third kappa shape index (κ3) is 1.04. The second kappa shape index (κ2) is 2.56. The Morgan fingerprint density at radius 2 is 2.15 bits per heavy atom. The van der Waals surface area contributed by atoms with Crippen molar-refractivity contribution in [3.63, 3.8) is 0 Å². The first-order chi connectivity index (χ1) is 6.11. The van der Waals surface area contributed by atoms with Gasteiger partial charge in [-0.05, 0) is 6.92 Å². The van der Waals surface area contributed by atoms with E-state index in [9.17, 15) is 9.59 Å². The zero-order valence-electron chi connectivity index (χ0n) is 7.25. The largest absolute Gasteiger partial charge is 0.328 e. The highest BCUT2D eigenvalue weighted by Gasteiger charge is 2.07. The summed E-state index contributed by atoms with van der Waals surface area (Å²) in [5.41, 5.74) is 0.0448. The average Bonchev–Trinajstić information content (AvgIpc) is 2.43. The number of nitrogens with one attached hydrogen (secondary N) is 1. The van der Waals surface area contributed by atoms with E-state index in [0.29, 0.717) is 10.9 Å². The molecular formula is C8H8N2O2S. The first kappa shape index (κ1) is 8.25. The first-order valence-electron chi connectivity index (χ1n) is 3.78. The van der Waals surface area contributed by atoms with E-state index in [0.717, 1.165) is 9.44 Å². The van der Waals surface area contributed by atoms with E-state index in [1.165, 1.54) is 18.4 Å². The molecule has 0 saturated carbocycles. The van der Waals surface area contributed by atoms with Gasteiger partial charge in [0.15, 0.2) is 0 Å². The molecule has 0 bridgehead atoms. The Morgan fingerprint density at radius 3 is 2.85 bits per heavy atom. The highest BCUT2D eigenvalue weighted by molar-refractivity contribution is 7.11. The first-order valence-corrected chi connectivity index (χ1v) is 4.66. The van der Waals surface area contributed by atoms with E-state index in [4.69, 9.17) is 0 Å². The Bertz CT molecular complexity index is 576. The topological polar surface area (TPSA) is 54.9 Å². The van der Waals surface area contributed by atoms with Gasteiger partial charge >= 0.3 is 5.69 Å². The SMILES string of the molecule is Cc1scc2[nH]c(=O)n(C)c(=O)c12. The van der Waals surface area contributed by atoms with Crippen LogP contribution in [0.5, 0.6) is 0 Å². The number of aryl methyl sites for hydroxylation is 1. The predicted octanol–water partition coefficient (Wildman–Crippen LogP) is 0.597. The van der Waals surface area contributed by atoms with Crippen LogP contribution in [0.4, 0.5) is 0 Å². The second-order valence-corrected chi connectivity index (χ2v) is 3.96. The zero-order chi connectivity index (χ0) is 9.59. The van der Waals surface area contributed by atoms with Crippen molar-refractivity contribution >= 4 is 22.2 Å². The van der Waals surface area contributed by atoms with Crippen LogP contribution in [0.2, 0.25) is 0 Å².